The number of aromatic amines is 1. The molecule has 2 N–H and O–H groups in total. The lowest BCUT2D eigenvalue weighted by molar-refractivity contribution is 0.0949. The predicted molar refractivity (Wildman–Crippen MR) is 103 cm³/mol. The van der Waals surface area contributed by atoms with Crippen molar-refractivity contribution in [1.82, 2.24) is 15.4 Å². The van der Waals surface area contributed by atoms with Crippen LogP contribution in [0.4, 0.5) is 0 Å². The summed E-state index contributed by atoms with van der Waals surface area (Å²) < 4.78 is 5.64. The zero-order valence-electron chi connectivity index (χ0n) is 14.8. The van der Waals surface area contributed by atoms with Gasteiger partial charge >= 0.3 is 0 Å². The highest BCUT2D eigenvalue weighted by Gasteiger charge is 2.08. The van der Waals surface area contributed by atoms with Gasteiger partial charge in [0.2, 0.25) is 0 Å². The van der Waals surface area contributed by atoms with Crippen LogP contribution in [0.25, 0.3) is 0 Å². The average Bonchev–Trinajstić information content (AvgIpc) is 2.65. The SMILES string of the molecule is CCCCCOc1ccc(/C=N\NC(=O)c2cc(=O)[nH]c(SC)n2)cc1. The van der Waals surface area contributed by atoms with E-state index in [0.29, 0.717) is 11.8 Å². The molecule has 0 saturated heterocycles. The van der Waals surface area contributed by atoms with Crippen molar-refractivity contribution in [3.05, 3.63) is 51.9 Å². The molecule has 1 heterocycles. The molecular weight excluding hydrogens is 352 g/mol. The lowest BCUT2D eigenvalue weighted by Crippen LogP contribution is -2.22. The number of ether oxygens (including phenoxy) is 1. The van der Waals surface area contributed by atoms with Crippen molar-refractivity contribution in [2.24, 2.45) is 5.10 Å². The van der Waals surface area contributed by atoms with E-state index < -0.39 is 5.91 Å². The highest BCUT2D eigenvalue weighted by Crippen LogP contribution is 2.12. The van der Waals surface area contributed by atoms with E-state index in [1.165, 1.54) is 18.0 Å². The topological polar surface area (TPSA) is 96.4 Å². The van der Waals surface area contributed by atoms with E-state index in [1.54, 1.807) is 6.26 Å². The van der Waals surface area contributed by atoms with Crippen LogP contribution in [0.1, 0.15) is 42.2 Å². The summed E-state index contributed by atoms with van der Waals surface area (Å²) >= 11 is 1.25. The first-order valence-corrected chi connectivity index (χ1v) is 9.56. The summed E-state index contributed by atoms with van der Waals surface area (Å²) in [6.07, 6.45) is 6.64. The summed E-state index contributed by atoms with van der Waals surface area (Å²) in [6, 6.07) is 8.55. The molecule has 1 amide bonds. The number of hydrazone groups is 1. The van der Waals surface area contributed by atoms with Crippen LogP contribution < -0.4 is 15.7 Å². The molecular formula is C18H22N4O3S. The van der Waals surface area contributed by atoms with Gasteiger partial charge in [0.1, 0.15) is 11.4 Å². The number of nitrogens with one attached hydrogen (secondary N) is 2. The van der Waals surface area contributed by atoms with Gasteiger partial charge in [0.05, 0.1) is 12.8 Å². The minimum absolute atomic E-state index is 0.0195. The molecule has 2 rings (SSSR count). The number of hydrogen-bond donors (Lipinski definition) is 2. The molecule has 8 heteroatoms. The summed E-state index contributed by atoms with van der Waals surface area (Å²) in [7, 11) is 0. The minimum Gasteiger partial charge on any atom is -0.494 e. The summed E-state index contributed by atoms with van der Waals surface area (Å²) in [5.74, 6) is 0.262. The maximum Gasteiger partial charge on any atom is 0.290 e. The Balaban J connectivity index is 1.88. The van der Waals surface area contributed by atoms with Crippen molar-refractivity contribution in [1.29, 1.82) is 0 Å². The smallest absolute Gasteiger partial charge is 0.290 e. The van der Waals surface area contributed by atoms with Gasteiger partial charge in [-0.1, -0.05) is 31.5 Å². The van der Waals surface area contributed by atoms with Crippen molar-refractivity contribution in [3.63, 3.8) is 0 Å². The van der Waals surface area contributed by atoms with E-state index in [9.17, 15) is 9.59 Å². The van der Waals surface area contributed by atoms with E-state index in [4.69, 9.17) is 4.74 Å². The van der Waals surface area contributed by atoms with Crippen molar-refractivity contribution in [2.45, 2.75) is 31.3 Å². The van der Waals surface area contributed by atoms with Gasteiger partial charge in [-0.25, -0.2) is 10.4 Å². The Hall–Kier alpha value is -2.61. The van der Waals surface area contributed by atoms with Gasteiger partial charge in [-0.3, -0.25) is 9.59 Å². The maximum atomic E-state index is 12.0. The van der Waals surface area contributed by atoms with Gasteiger partial charge in [-0.15, -0.1) is 0 Å². The van der Waals surface area contributed by atoms with E-state index in [1.807, 2.05) is 24.3 Å². The second-order valence-electron chi connectivity index (χ2n) is 5.46. The summed E-state index contributed by atoms with van der Waals surface area (Å²) in [6.45, 7) is 2.86. The molecule has 1 aromatic heterocycles. The number of thioether (sulfide) groups is 1. The lowest BCUT2D eigenvalue weighted by Gasteiger charge is -2.05. The van der Waals surface area contributed by atoms with Crippen molar-refractivity contribution in [2.75, 3.05) is 12.9 Å². The lowest BCUT2D eigenvalue weighted by atomic mass is 10.2. The highest BCUT2D eigenvalue weighted by atomic mass is 32.2. The van der Waals surface area contributed by atoms with Crippen molar-refractivity contribution >= 4 is 23.9 Å². The first kappa shape index (κ1) is 19.7. The number of unbranched alkanes of at least 4 members (excludes halogenated alkanes) is 2. The number of hydrogen-bond acceptors (Lipinski definition) is 6. The fourth-order valence-corrected chi connectivity index (χ4v) is 2.46. The summed E-state index contributed by atoms with van der Waals surface area (Å²) in [5.41, 5.74) is 2.82. The summed E-state index contributed by atoms with van der Waals surface area (Å²) in [4.78, 5) is 30.0. The number of amides is 1. The molecule has 0 aliphatic carbocycles. The molecule has 0 atom stereocenters. The second-order valence-corrected chi connectivity index (χ2v) is 6.26. The number of benzene rings is 1. The van der Waals surface area contributed by atoms with Gasteiger partial charge in [-0.05, 0) is 42.5 Å². The zero-order valence-corrected chi connectivity index (χ0v) is 15.6. The normalized spacial score (nSPS) is 10.8. The van der Waals surface area contributed by atoms with E-state index >= 15 is 0 Å². The largest absolute Gasteiger partial charge is 0.494 e. The Kier molecular flexibility index (Phi) is 7.88. The molecule has 0 aliphatic heterocycles. The van der Waals surface area contributed by atoms with Gasteiger partial charge in [0, 0.05) is 6.07 Å². The van der Waals surface area contributed by atoms with Crippen LogP contribution in [0.2, 0.25) is 0 Å². The highest BCUT2D eigenvalue weighted by molar-refractivity contribution is 7.98. The number of carbonyl (C=O) groups excluding carboxylic acids is 1. The molecule has 0 radical (unpaired) electrons. The van der Waals surface area contributed by atoms with E-state index in [-0.39, 0.29) is 11.3 Å². The third kappa shape index (κ3) is 6.36. The first-order valence-electron chi connectivity index (χ1n) is 8.34. The third-order valence-corrected chi connectivity index (χ3v) is 4.00. The molecule has 0 spiro atoms. The fraction of sp³-hybridized carbons (Fsp3) is 0.333. The summed E-state index contributed by atoms with van der Waals surface area (Å²) in [5, 5.41) is 4.27. The molecule has 2 aromatic rings. The molecule has 1 aromatic carbocycles. The van der Waals surface area contributed by atoms with Crippen molar-refractivity contribution < 1.29 is 9.53 Å². The Labute approximate surface area is 156 Å². The predicted octanol–water partition coefficient (Wildman–Crippen LogP) is 2.82. The number of rotatable bonds is 9. The van der Waals surface area contributed by atoms with E-state index in [0.717, 1.165) is 36.6 Å². The number of H-pyrrole nitrogens is 1. The van der Waals surface area contributed by atoms with Crippen LogP contribution in [-0.2, 0) is 0 Å². The molecule has 0 saturated carbocycles. The number of carbonyl (C=O) groups is 1. The maximum absolute atomic E-state index is 12.0. The van der Waals surface area contributed by atoms with Crippen LogP contribution in [0.3, 0.4) is 0 Å². The standard InChI is InChI=1S/C18H22N4O3S/c1-3-4-5-10-25-14-8-6-13(7-9-14)12-19-22-17(24)15-11-16(23)21-18(20-15)26-2/h6-9,11-12H,3-5,10H2,1-2H3,(H,22,24)(H,20,21,23)/b19-12-. The molecule has 26 heavy (non-hydrogen) atoms. The number of aromatic nitrogens is 2. The third-order valence-electron chi connectivity index (χ3n) is 3.42. The fourth-order valence-electron chi connectivity index (χ4n) is 2.06. The Morgan fingerprint density at radius 2 is 2.12 bits per heavy atom. The van der Waals surface area contributed by atoms with Crippen LogP contribution in [0.15, 0.2) is 45.4 Å². The van der Waals surface area contributed by atoms with Gasteiger partial charge < -0.3 is 9.72 Å². The monoisotopic (exact) mass is 374 g/mol. The van der Waals surface area contributed by atoms with Crippen LogP contribution in [0.5, 0.6) is 5.75 Å². The molecule has 138 valence electrons. The molecule has 0 aliphatic rings. The number of nitrogens with zero attached hydrogens (tertiary/aromatic N) is 2. The molecule has 0 unspecified atom stereocenters. The van der Waals surface area contributed by atoms with Gasteiger partial charge in [0.25, 0.3) is 11.5 Å². The van der Waals surface area contributed by atoms with Gasteiger partial charge in [-0.2, -0.15) is 5.10 Å². The first-order chi connectivity index (χ1) is 12.6. The van der Waals surface area contributed by atoms with Gasteiger partial charge in [0.15, 0.2) is 5.16 Å². The second kappa shape index (κ2) is 10.4. The Morgan fingerprint density at radius 1 is 1.35 bits per heavy atom. The average molecular weight is 374 g/mol. The molecule has 0 bridgehead atoms. The zero-order chi connectivity index (χ0) is 18.8. The van der Waals surface area contributed by atoms with Crippen LogP contribution >= 0.6 is 11.8 Å². The molecule has 0 fully saturated rings. The van der Waals surface area contributed by atoms with E-state index in [2.05, 4.69) is 27.4 Å². The Morgan fingerprint density at radius 3 is 2.81 bits per heavy atom. The van der Waals surface area contributed by atoms with Crippen LogP contribution in [0, 0.1) is 0 Å². The Bertz CT molecular complexity index is 803. The molecule has 7 nitrogen and oxygen atoms in total. The van der Waals surface area contributed by atoms with Crippen LogP contribution in [-0.4, -0.2) is 35.0 Å². The quantitative estimate of drug-likeness (QED) is 0.231. The van der Waals surface area contributed by atoms with Crippen molar-refractivity contribution in [3.8, 4) is 5.75 Å². The minimum atomic E-state index is -0.543.